The van der Waals surface area contributed by atoms with Gasteiger partial charge in [0.25, 0.3) is 0 Å². The predicted octanol–water partition coefficient (Wildman–Crippen LogP) is 6.39. The Morgan fingerprint density at radius 1 is 0.810 bits per heavy atom. The van der Waals surface area contributed by atoms with Gasteiger partial charge in [0, 0.05) is 0 Å². The minimum atomic E-state index is -0.621. The van der Waals surface area contributed by atoms with Crippen LogP contribution in [0.1, 0.15) is 93.9 Å². The van der Waals surface area contributed by atoms with Crippen LogP contribution in [0.3, 0.4) is 0 Å². The SMILES string of the molecule is C.C.CC1CCC(C)(C(=O)O)CC1.CC1CCC(C)CC1. The van der Waals surface area contributed by atoms with E-state index in [9.17, 15) is 4.79 Å². The summed E-state index contributed by atoms with van der Waals surface area (Å²) in [6.45, 7) is 8.79. The van der Waals surface area contributed by atoms with E-state index in [0.29, 0.717) is 0 Å². The maximum atomic E-state index is 10.8. The highest BCUT2D eigenvalue weighted by atomic mass is 16.4. The summed E-state index contributed by atoms with van der Waals surface area (Å²) in [7, 11) is 0. The van der Waals surface area contributed by atoms with Gasteiger partial charge in [0.15, 0.2) is 0 Å². The van der Waals surface area contributed by atoms with Gasteiger partial charge in [0.2, 0.25) is 0 Å². The summed E-state index contributed by atoms with van der Waals surface area (Å²) in [4.78, 5) is 10.8. The lowest BCUT2D eigenvalue weighted by atomic mass is 9.72. The number of hydrogen-bond donors (Lipinski definition) is 1. The van der Waals surface area contributed by atoms with E-state index in [1.54, 1.807) is 0 Å². The molecule has 0 radical (unpaired) electrons. The van der Waals surface area contributed by atoms with Crippen LogP contribution < -0.4 is 0 Å². The fraction of sp³-hybridized carbons (Fsp3) is 0.947. The monoisotopic (exact) mass is 300 g/mol. The van der Waals surface area contributed by atoms with Gasteiger partial charge in [-0.3, -0.25) is 4.79 Å². The molecule has 0 atom stereocenters. The summed E-state index contributed by atoms with van der Waals surface area (Å²) in [5.74, 6) is 2.14. The van der Waals surface area contributed by atoms with Gasteiger partial charge in [0.1, 0.15) is 0 Å². The fourth-order valence-corrected chi connectivity index (χ4v) is 3.04. The van der Waals surface area contributed by atoms with E-state index >= 15 is 0 Å². The molecule has 0 aromatic rings. The second-order valence-corrected chi connectivity index (χ2v) is 7.41. The Bertz CT molecular complexity index is 259. The van der Waals surface area contributed by atoms with E-state index in [1.807, 2.05) is 6.92 Å². The molecule has 0 amide bonds. The lowest BCUT2D eigenvalue weighted by molar-refractivity contribution is -0.150. The van der Waals surface area contributed by atoms with Crippen LogP contribution in [0, 0.1) is 23.2 Å². The average molecular weight is 301 g/mol. The second-order valence-electron chi connectivity index (χ2n) is 7.41. The zero-order valence-corrected chi connectivity index (χ0v) is 13.2. The fourth-order valence-electron chi connectivity index (χ4n) is 3.04. The Morgan fingerprint density at radius 2 is 1.10 bits per heavy atom. The highest BCUT2D eigenvalue weighted by Gasteiger charge is 2.36. The van der Waals surface area contributed by atoms with Crippen molar-refractivity contribution in [2.45, 2.75) is 93.9 Å². The van der Waals surface area contributed by atoms with Crippen molar-refractivity contribution >= 4 is 5.97 Å². The Labute approximate surface area is 133 Å². The van der Waals surface area contributed by atoms with Gasteiger partial charge in [-0.15, -0.1) is 0 Å². The Morgan fingerprint density at radius 3 is 1.38 bits per heavy atom. The normalized spacial score (nSPS) is 35.3. The van der Waals surface area contributed by atoms with Gasteiger partial charge in [-0.25, -0.2) is 0 Å². The lowest BCUT2D eigenvalue weighted by Gasteiger charge is -2.32. The van der Waals surface area contributed by atoms with Crippen molar-refractivity contribution in [3.05, 3.63) is 0 Å². The van der Waals surface area contributed by atoms with Gasteiger partial charge in [-0.1, -0.05) is 61.3 Å². The van der Waals surface area contributed by atoms with Crippen molar-refractivity contribution in [3.8, 4) is 0 Å². The Balaban J connectivity index is 0. The molecular formula is C19H40O2. The molecule has 0 saturated heterocycles. The third kappa shape index (κ3) is 7.87. The van der Waals surface area contributed by atoms with Crippen molar-refractivity contribution in [2.24, 2.45) is 23.2 Å². The Hall–Kier alpha value is -0.530. The summed E-state index contributed by atoms with van der Waals surface area (Å²) < 4.78 is 0. The van der Waals surface area contributed by atoms with Crippen LogP contribution >= 0.6 is 0 Å². The van der Waals surface area contributed by atoms with E-state index in [0.717, 1.165) is 43.4 Å². The molecule has 2 aliphatic carbocycles. The van der Waals surface area contributed by atoms with E-state index in [-0.39, 0.29) is 14.9 Å². The molecule has 21 heavy (non-hydrogen) atoms. The highest BCUT2D eigenvalue weighted by molar-refractivity contribution is 5.74. The molecule has 0 bridgehead atoms. The molecule has 1 N–H and O–H groups in total. The molecule has 2 aliphatic rings. The molecule has 0 aliphatic heterocycles. The molecule has 2 nitrogen and oxygen atoms in total. The molecule has 2 saturated carbocycles. The molecule has 2 fully saturated rings. The van der Waals surface area contributed by atoms with E-state index in [4.69, 9.17) is 5.11 Å². The van der Waals surface area contributed by atoms with Gasteiger partial charge in [0.05, 0.1) is 5.41 Å². The zero-order valence-electron chi connectivity index (χ0n) is 13.2. The standard InChI is InChI=1S/C9H16O2.C8H16.2CH4/c1-7-3-5-9(2,6-4-7)8(10)11;1-7-3-5-8(2)6-4-7;;/h7H,3-6H2,1-2H3,(H,10,11);7-8H,3-6H2,1-2H3;2*1H4. The summed E-state index contributed by atoms with van der Waals surface area (Å²) in [5.41, 5.74) is -0.424. The van der Waals surface area contributed by atoms with Gasteiger partial charge >= 0.3 is 5.97 Å². The first-order chi connectivity index (χ1) is 8.83. The van der Waals surface area contributed by atoms with Crippen LogP contribution in [0.25, 0.3) is 0 Å². The largest absolute Gasteiger partial charge is 0.481 e. The number of aliphatic carboxylic acids is 1. The molecule has 2 rings (SSSR count). The molecular weight excluding hydrogens is 260 g/mol. The molecule has 0 aromatic carbocycles. The summed E-state index contributed by atoms with van der Waals surface area (Å²) >= 11 is 0. The minimum absolute atomic E-state index is 0. The van der Waals surface area contributed by atoms with Crippen LogP contribution in [-0.4, -0.2) is 11.1 Å². The first-order valence-electron chi connectivity index (χ1n) is 8.07. The molecule has 0 aromatic heterocycles. The van der Waals surface area contributed by atoms with Crippen LogP contribution in [-0.2, 0) is 4.79 Å². The number of carboxylic acid groups (broad SMARTS) is 1. The van der Waals surface area contributed by atoms with Gasteiger partial charge in [-0.05, 0) is 50.4 Å². The van der Waals surface area contributed by atoms with Crippen molar-refractivity contribution in [3.63, 3.8) is 0 Å². The van der Waals surface area contributed by atoms with Crippen LogP contribution in [0.4, 0.5) is 0 Å². The second kappa shape index (κ2) is 10.2. The topological polar surface area (TPSA) is 37.3 Å². The van der Waals surface area contributed by atoms with Crippen molar-refractivity contribution in [2.75, 3.05) is 0 Å². The Kier molecular flexibility index (Phi) is 11.1. The van der Waals surface area contributed by atoms with E-state index in [1.165, 1.54) is 25.7 Å². The number of carbonyl (C=O) groups is 1. The lowest BCUT2D eigenvalue weighted by Crippen LogP contribution is -2.31. The highest BCUT2D eigenvalue weighted by Crippen LogP contribution is 2.38. The van der Waals surface area contributed by atoms with Crippen molar-refractivity contribution in [1.82, 2.24) is 0 Å². The number of hydrogen-bond acceptors (Lipinski definition) is 1. The third-order valence-corrected chi connectivity index (χ3v) is 5.20. The third-order valence-electron chi connectivity index (χ3n) is 5.20. The first kappa shape index (κ1) is 22.7. The quantitative estimate of drug-likeness (QED) is 0.609. The van der Waals surface area contributed by atoms with E-state index < -0.39 is 11.4 Å². The molecule has 0 heterocycles. The van der Waals surface area contributed by atoms with Crippen molar-refractivity contribution in [1.29, 1.82) is 0 Å². The summed E-state index contributed by atoms with van der Waals surface area (Å²) in [6.07, 6.45) is 9.74. The molecule has 128 valence electrons. The average Bonchev–Trinajstić information content (AvgIpc) is 2.37. The smallest absolute Gasteiger partial charge is 0.309 e. The van der Waals surface area contributed by atoms with Crippen molar-refractivity contribution < 1.29 is 9.90 Å². The van der Waals surface area contributed by atoms with Crippen LogP contribution in [0.5, 0.6) is 0 Å². The van der Waals surface area contributed by atoms with Gasteiger partial charge in [-0.2, -0.15) is 0 Å². The predicted molar refractivity (Wildman–Crippen MR) is 93.6 cm³/mol. The maximum absolute atomic E-state index is 10.8. The van der Waals surface area contributed by atoms with E-state index in [2.05, 4.69) is 20.8 Å². The van der Waals surface area contributed by atoms with Crippen LogP contribution in [0.2, 0.25) is 0 Å². The van der Waals surface area contributed by atoms with Crippen LogP contribution in [0.15, 0.2) is 0 Å². The molecule has 0 unspecified atom stereocenters. The number of rotatable bonds is 1. The first-order valence-corrected chi connectivity index (χ1v) is 8.07. The van der Waals surface area contributed by atoms with Gasteiger partial charge < -0.3 is 5.11 Å². The summed E-state index contributed by atoms with van der Waals surface area (Å²) in [6, 6.07) is 0. The number of carboxylic acids is 1. The zero-order chi connectivity index (χ0) is 14.5. The molecule has 2 heteroatoms. The maximum Gasteiger partial charge on any atom is 0.309 e. The molecule has 0 spiro atoms. The summed E-state index contributed by atoms with van der Waals surface area (Å²) in [5, 5.41) is 8.88. The minimum Gasteiger partial charge on any atom is -0.481 e.